The molecule has 1 N–H and O–H groups in total. The van der Waals surface area contributed by atoms with E-state index >= 15 is 0 Å². The van der Waals surface area contributed by atoms with Crippen LogP contribution in [-0.2, 0) is 6.54 Å². The maximum Gasteiger partial charge on any atom is 0.258 e. The molecule has 0 fully saturated rings. The van der Waals surface area contributed by atoms with E-state index in [0.717, 1.165) is 12.8 Å². The van der Waals surface area contributed by atoms with Crippen molar-refractivity contribution in [3.05, 3.63) is 62.1 Å². The molecular weight excluding hydrogens is 453 g/mol. The Morgan fingerprint density at radius 3 is 2.62 bits per heavy atom. The van der Waals surface area contributed by atoms with E-state index in [-0.39, 0.29) is 18.0 Å². The van der Waals surface area contributed by atoms with Crippen LogP contribution in [0.1, 0.15) is 42.9 Å². The third-order valence-electron chi connectivity index (χ3n) is 4.77. The molecule has 0 bridgehead atoms. The van der Waals surface area contributed by atoms with Gasteiger partial charge in [0.25, 0.3) is 11.5 Å². The number of hydrogen-bond acceptors (Lipinski definition) is 5. The number of rotatable bonds is 9. The first-order valence-corrected chi connectivity index (χ1v) is 11.1. The molecule has 1 aromatic heterocycles. The molecule has 1 heterocycles. The highest BCUT2D eigenvalue weighted by atomic mass is 35.5. The number of carbonyl (C=O) groups is 1. The summed E-state index contributed by atoms with van der Waals surface area (Å²) in [5.74, 6) is 0.903. The Balaban J connectivity index is 1.93. The molecule has 9 heteroatoms. The number of amides is 1. The van der Waals surface area contributed by atoms with Gasteiger partial charge < -0.3 is 19.4 Å². The van der Waals surface area contributed by atoms with Gasteiger partial charge in [0.15, 0.2) is 11.5 Å². The second-order valence-corrected chi connectivity index (χ2v) is 8.08. The lowest BCUT2D eigenvalue weighted by atomic mass is 10.1. The van der Waals surface area contributed by atoms with Crippen molar-refractivity contribution in [2.24, 2.45) is 0 Å². The van der Waals surface area contributed by atoms with Gasteiger partial charge in [0, 0.05) is 17.1 Å². The number of methoxy groups -OCH3 is 1. The third kappa shape index (κ3) is 5.34. The second kappa shape index (κ2) is 10.7. The lowest BCUT2D eigenvalue weighted by molar-refractivity contribution is 0.0738. The smallest absolute Gasteiger partial charge is 0.258 e. The first-order chi connectivity index (χ1) is 15.4. The van der Waals surface area contributed by atoms with Gasteiger partial charge in [-0.1, -0.05) is 37.0 Å². The number of benzene rings is 2. The van der Waals surface area contributed by atoms with Crippen LogP contribution in [0.25, 0.3) is 10.9 Å². The number of aromatic amines is 1. The van der Waals surface area contributed by atoms with Crippen molar-refractivity contribution in [3.8, 4) is 11.5 Å². The molecule has 7 nitrogen and oxygen atoms in total. The Bertz CT molecular complexity index is 1180. The lowest BCUT2D eigenvalue weighted by Gasteiger charge is -2.23. The summed E-state index contributed by atoms with van der Waals surface area (Å²) in [6, 6.07) is 8.06. The highest BCUT2D eigenvalue weighted by Gasteiger charge is 2.21. The minimum Gasteiger partial charge on any atom is -0.493 e. The first kappa shape index (κ1) is 23.9. The fraction of sp³-hybridized carbons (Fsp3) is 0.348. The Morgan fingerprint density at radius 2 is 1.94 bits per heavy atom. The Morgan fingerprint density at radius 1 is 1.16 bits per heavy atom. The molecule has 2 aromatic carbocycles. The molecule has 0 saturated heterocycles. The van der Waals surface area contributed by atoms with E-state index in [1.807, 2.05) is 13.8 Å². The summed E-state index contributed by atoms with van der Waals surface area (Å²) < 4.78 is 11.1. The average Bonchev–Trinajstić information content (AvgIpc) is 2.76. The fourth-order valence-corrected chi connectivity index (χ4v) is 3.74. The van der Waals surface area contributed by atoms with Crippen LogP contribution >= 0.6 is 23.2 Å². The molecule has 0 aliphatic carbocycles. The molecule has 3 aromatic rings. The molecule has 0 atom stereocenters. The van der Waals surface area contributed by atoms with Crippen LogP contribution in [0.5, 0.6) is 11.5 Å². The summed E-state index contributed by atoms with van der Waals surface area (Å²) in [4.78, 5) is 34.6. The van der Waals surface area contributed by atoms with E-state index < -0.39 is 0 Å². The van der Waals surface area contributed by atoms with Crippen LogP contribution in [0, 0.1) is 0 Å². The first-order valence-electron chi connectivity index (χ1n) is 10.4. The maximum absolute atomic E-state index is 13.3. The van der Waals surface area contributed by atoms with E-state index in [0.29, 0.717) is 57.0 Å². The number of carbonyl (C=O) groups excluding carboxylic acids is 1. The van der Waals surface area contributed by atoms with Gasteiger partial charge in [0.2, 0.25) is 0 Å². The topological polar surface area (TPSA) is 84.5 Å². The minimum absolute atomic E-state index is 0.123. The number of fused-ring (bicyclic) bond motifs is 1. The summed E-state index contributed by atoms with van der Waals surface area (Å²) in [7, 11) is 1.50. The lowest BCUT2D eigenvalue weighted by Crippen LogP contribution is -2.33. The monoisotopic (exact) mass is 477 g/mol. The van der Waals surface area contributed by atoms with Gasteiger partial charge in [-0.15, -0.1) is 0 Å². The van der Waals surface area contributed by atoms with Crippen molar-refractivity contribution < 1.29 is 14.3 Å². The minimum atomic E-state index is -0.285. The van der Waals surface area contributed by atoms with Crippen LogP contribution < -0.4 is 15.0 Å². The zero-order valence-electron chi connectivity index (χ0n) is 18.2. The number of halogens is 2. The van der Waals surface area contributed by atoms with Crippen LogP contribution in [0.2, 0.25) is 10.0 Å². The van der Waals surface area contributed by atoms with Crippen molar-refractivity contribution in [1.82, 2.24) is 14.9 Å². The predicted octanol–water partition coefficient (Wildman–Crippen LogP) is 5.08. The molecule has 32 heavy (non-hydrogen) atoms. The maximum atomic E-state index is 13.3. The van der Waals surface area contributed by atoms with Crippen molar-refractivity contribution in [2.45, 2.75) is 33.2 Å². The second-order valence-electron chi connectivity index (χ2n) is 7.24. The fourth-order valence-electron chi connectivity index (χ4n) is 3.31. The Labute approximate surface area is 196 Å². The van der Waals surface area contributed by atoms with Crippen molar-refractivity contribution in [3.63, 3.8) is 0 Å². The zero-order chi connectivity index (χ0) is 23.3. The van der Waals surface area contributed by atoms with Gasteiger partial charge in [0.1, 0.15) is 5.82 Å². The summed E-state index contributed by atoms with van der Waals surface area (Å²) in [5.41, 5.74) is 0.547. The number of nitrogens with one attached hydrogen (secondary N) is 1. The Hall–Kier alpha value is -2.77. The molecule has 170 valence electrons. The van der Waals surface area contributed by atoms with Gasteiger partial charge in [-0.3, -0.25) is 9.59 Å². The number of H-pyrrole nitrogens is 1. The number of nitrogens with zero attached hydrogens (tertiary/aromatic N) is 2. The highest BCUT2D eigenvalue weighted by Crippen LogP contribution is 2.37. The van der Waals surface area contributed by atoms with E-state index in [1.54, 1.807) is 35.2 Å². The zero-order valence-corrected chi connectivity index (χ0v) is 19.7. The average molecular weight is 478 g/mol. The largest absolute Gasteiger partial charge is 0.493 e. The molecule has 3 rings (SSSR count). The van der Waals surface area contributed by atoms with E-state index in [4.69, 9.17) is 32.7 Å². The Kier molecular flexibility index (Phi) is 7.99. The number of aromatic nitrogens is 2. The summed E-state index contributed by atoms with van der Waals surface area (Å²) >= 11 is 12.4. The molecule has 0 aliphatic rings. The quantitative estimate of drug-likeness (QED) is 0.464. The summed E-state index contributed by atoms with van der Waals surface area (Å²) in [6.45, 7) is 5.02. The summed E-state index contributed by atoms with van der Waals surface area (Å²) in [5, 5.41) is 1.21. The van der Waals surface area contributed by atoms with Crippen LogP contribution in [0.4, 0.5) is 0 Å². The van der Waals surface area contributed by atoms with Crippen LogP contribution in [0.15, 0.2) is 35.1 Å². The van der Waals surface area contributed by atoms with E-state index in [9.17, 15) is 9.59 Å². The van der Waals surface area contributed by atoms with Gasteiger partial charge in [-0.05, 0) is 43.2 Å². The number of hydrogen-bond donors (Lipinski definition) is 1. The third-order valence-corrected chi connectivity index (χ3v) is 5.28. The molecular formula is C23H25Cl2N3O4. The van der Waals surface area contributed by atoms with Gasteiger partial charge >= 0.3 is 0 Å². The van der Waals surface area contributed by atoms with Gasteiger partial charge in [-0.2, -0.15) is 0 Å². The van der Waals surface area contributed by atoms with E-state index in [1.165, 1.54) is 7.11 Å². The standard InChI is InChI=1S/C23H25Cl2N3O4/c1-4-8-28(13-20-26-18-12-15(24)6-7-16(18)22(29)27-20)23(30)14-10-17(25)21(32-9-5-2)19(11-14)31-3/h6-7,10-12H,4-5,8-9,13H2,1-3H3,(H,26,27,29). The molecule has 0 radical (unpaired) electrons. The normalized spacial score (nSPS) is 10.9. The SMILES string of the molecule is CCCOc1c(Cl)cc(C(=O)N(CCC)Cc2nc3cc(Cl)ccc3c(=O)[nH]2)cc1OC. The molecule has 0 unspecified atom stereocenters. The van der Waals surface area contributed by atoms with E-state index in [2.05, 4.69) is 9.97 Å². The molecule has 0 saturated carbocycles. The van der Waals surface area contributed by atoms with Crippen molar-refractivity contribution in [1.29, 1.82) is 0 Å². The summed E-state index contributed by atoms with van der Waals surface area (Å²) in [6.07, 6.45) is 1.53. The van der Waals surface area contributed by atoms with Crippen molar-refractivity contribution >= 4 is 40.0 Å². The van der Waals surface area contributed by atoms with Crippen LogP contribution in [-0.4, -0.2) is 41.0 Å². The van der Waals surface area contributed by atoms with Gasteiger partial charge in [0.05, 0.1) is 36.2 Å². The molecule has 0 aliphatic heterocycles. The van der Waals surface area contributed by atoms with Crippen molar-refractivity contribution in [2.75, 3.05) is 20.3 Å². The highest BCUT2D eigenvalue weighted by molar-refractivity contribution is 6.32. The molecule has 1 amide bonds. The van der Waals surface area contributed by atoms with Crippen LogP contribution in [0.3, 0.4) is 0 Å². The predicted molar refractivity (Wildman–Crippen MR) is 126 cm³/mol. The molecule has 0 spiro atoms. The van der Waals surface area contributed by atoms with Gasteiger partial charge in [-0.25, -0.2) is 4.98 Å². The number of ether oxygens (including phenoxy) is 2.